The predicted molar refractivity (Wildman–Crippen MR) is 116 cm³/mol. The lowest BCUT2D eigenvalue weighted by Crippen LogP contribution is -2.31. The summed E-state index contributed by atoms with van der Waals surface area (Å²) in [6, 6.07) is 19.9. The SMILES string of the molecule is CCOc1ccc2nc(N(Cc3ccccc3)C(=O)Cc3cccs3)sc2c1. The molecule has 0 fully saturated rings. The molecule has 0 saturated carbocycles. The first kappa shape index (κ1) is 18.7. The Morgan fingerprint density at radius 3 is 2.71 bits per heavy atom. The molecule has 2 heterocycles. The number of rotatable bonds is 7. The molecular formula is C22H20N2O2S2. The minimum absolute atomic E-state index is 0.0513. The minimum atomic E-state index is 0.0513. The number of benzene rings is 2. The van der Waals surface area contributed by atoms with E-state index in [4.69, 9.17) is 9.72 Å². The second kappa shape index (κ2) is 8.54. The first-order valence-electron chi connectivity index (χ1n) is 9.13. The Morgan fingerprint density at radius 1 is 1.11 bits per heavy atom. The van der Waals surface area contributed by atoms with Crippen LogP contribution in [0.5, 0.6) is 5.75 Å². The van der Waals surface area contributed by atoms with E-state index >= 15 is 0 Å². The zero-order valence-corrected chi connectivity index (χ0v) is 17.1. The molecule has 2 aromatic carbocycles. The van der Waals surface area contributed by atoms with Crippen LogP contribution < -0.4 is 9.64 Å². The number of carbonyl (C=O) groups is 1. The number of thiophene rings is 1. The first-order valence-corrected chi connectivity index (χ1v) is 10.8. The van der Waals surface area contributed by atoms with E-state index in [9.17, 15) is 4.79 Å². The van der Waals surface area contributed by atoms with Gasteiger partial charge in [0.1, 0.15) is 5.75 Å². The predicted octanol–water partition coefficient (Wildman–Crippen LogP) is 5.53. The van der Waals surface area contributed by atoms with Crippen molar-refractivity contribution in [2.45, 2.75) is 19.9 Å². The van der Waals surface area contributed by atoms with Crippen LogP contribution in [-0.4, -0.2) is 17.5 Å². The van der Waals surface area contributed by atoms with Gasteiger partial charge in [-0.25, -0.2) is 4.98 Å². The number of ether oxygens (including phenoxy) is 1. The van der Waals surface area contributed by atoms with Crippen LogP contribution in [0.15, 0.2) is 66.0 Å². The average molecular weight is 409 g/mol. The number of carbonyl (C=O) groups excluding carboxylic acids is 1. The molecule has 0 bridgehead atoms. The normalized spacial score (nSPS) is 10.9. The maximum absolute atomic E-state index is 13.1. The first-order chi connectivity index (χ1) is 13.7. The number of hydrogen-bond donors (Lipinski definition) is 0. The third kappa shape index (κ3) is 4.24. The zero-order chi connectivity index (χ0) is 19.3. The summed E-state index contributed by atoms with van der Waals surface area (Å²) in [5.74, 6) is 0.875. The number of nitrogens with zero attached hydrogens (tertiary/aromatic N) is 2. The summed E-state index contributed by atoms with van der Waals surface area (Å²) in [5, 5.41) is 2.71. The fraction of sp³-hybridized carbons (Fsp3) is 0.182. The molecule has 0 aliphatic rings. The highest BCUT2D eigenvalue weighted by molar-refractivity contribution is 7.22. The van der Waals surface area contributed by atoms with Gasteiger partial charge < -0.3 is 4.74 Å². The third-order valence-corrected chi connectivity index (χ3v) is 6.20. The minimum Gasteiger partial charge on any atom is -0.494 e. The lowest BCUT2D eigenvalue weighted by molar-refractivity contribution is -0.118. The lowest BCUT2D eigenvalue weighted by atomic mass is 10.2. The van der Waals surface area contributed by atoms with Crippen LogP contribution >= 0.6 is 22.7 Å². The molecule has 0 radical (unpaired) electrons. The third-order valence-electron chi connectivity index (χ3n) is 4.28. The van der Waals surface area contributed by atoms with Gasteiger partial charge in [0.25, 0.3) is 0 Å². The summed E-state index contributed by atoms with van der Waals surface area (Å²) in [6.45, 7) is 3.09. The van der Waals surface area contributed by atoms with E-state index in [1.54, 1.807) is 16.2 Å². The Kier molecular flexibility index (Phi) is 5.69. The summed E-state index contributed by atoms with van der Waals surface area (Å²) >= 11 is 3.12. The van der Waals surface area contributed by atoms with Gasteiger partial charge >= 0.3 is 0 Å². The fourth-order valence-electron chi connectivity index (χ4n) is 2.95. The van der Waals surface area contributed by atoms with Crippen LogP contribution in [0.4, 0.5) is 5.13 Å². The number of aromatic nitrogens is 1. The number of anilines is 1. The summed E-state index contributed by atoms with van der Waals surface area (Å²) in [5.41, 5.74) is 1.96. The number of thiazole rings is 1. The van der Waals surface area contributed by atoms with Crippen molar-refractivity contribution in [1.29, 1.82) is 0 Å². The average Bonchev–Trinajstić information content (AvgIpc) is 3.36. The summed E-state index contributed by atoms with van der Waals surface area (Å²) < 4.78 is 6.61. The van der Waals surface area contributed by atoms with E-state index in [-0.39, 0.29) is 5.91 Å². The zero-order valence-electron chi connectivity index (χ0n) is 15.5. The fourth-order valence-corrected chi connectivity index (χ4v) is 4.66. The Bertz CT molecular complexity index is 1060. The lowest BCUT2D eigenvalue weighted by Gasteiger charge is -2.19. The summed E-state index contributed by atoms with van der Waals surface area (Å²) in [7, 11) is 0. The summed E-state index contributed by atoms with van der Waals surface area (Å²) in [6.07, 6.45) is 0.380. The van der Waals surface area contributed by atoms with Crippen molar-refractivity contribution in [1.82, 2.24) is 4.98 Å². The van der Waals surface area contributed by atoms with E-state index in [0.29, 0.717) is 24.7 Å². The second-order valence-electron chi connectivity index (χ2n) is 6.28. The van der Waals surface area contributed by atoms with Crippen LogP contribution in [0.3, 0.4) is 0 Å². The Morgan fingerprint density at radius 2 is 1.96 bits per heavy atom. The molecule has 0 aliphatic heterocycles. The molecule has 28 heavy (non-hydrogen) atoms. The van der Waals surface area contributed by atoms with Crippen LogP contribution in [-0.2, 0) is 17.8 Å². The maximum atomic E-state index is 13.1. The highest BCUT2D eigenvalue weighted by Gasteiger charge is 2.21. The highest BCUT2D eigenvalue weighted by atomic mass is 32.1. The molecule has 0 unspecified atom stereocenters. The van der Waals surface area contributed by atoms with Crippen molar-refractivity contribution >= 4 is 43.9 Å². The van der Waals surface area contributed by atoms with Crippen molar-refractivity contribution in [2.75, 3.05) is 11.5 Å². The molecule has 2 aromatic heterocycles. The molecule has 0 spiro atoms. The van der Waals surface area contributed by atoms with E-state index in [1.807, 2.05) is 73.0 Å². The standard InChI is InChI=1S/C22H20N2O2S2/c1-2-26-17-10-11-19-20(13-17)28-22(23-19)24(15-16-7-4-3-5-8-16)21(25)14-18-9-6-12-27-18/h3-13H,2,14-15H2,1H3. The molecule has 0 aliphatic carbocycles. The molecule has 4 nitrogen and oxygen atoms in total. The van der Waals surface area contributed by atoms with Crippen LogP contribution in [0.25, 0.3) is 10.2 Å². The van der Waals surface area contributed by atoms with Gasteiger partial charge in [0.15, 0.2) is 5.13 Å². The van der Waals surface area contributed by atoms with Gasteiger partial charge in [-0.2, -0.15) is 0 Å². The van der Waals surface area contributed by atoms with Gasteiger partial charge in [0.2, 0.25) is 5.91 Å². The largest absolute Gasteiger partial charge is 0.494 e. The summed E-state index contributed by atoms with van der Waals surface area (Å²) in [4.78, 5) is 20.7. The molecule has 6 heteroatoms. The van der Waals surface area contributed by atoms with Crippen molar-refractivity contribution in [3.63, 3.8) is 0 Å². The van der Waals surface area contributed by atoms with Crippen molar-refractivity contribution in [3.8, 4) is 5.75 Å². The molecule has 142 valence electrons. The molecule has 0 atom stereocenters. The van der Waals surface area contributed by atoms with Crippen LogP contribution in [0, 0.1) is 0 Å². The van der Waals surface area contributed by atoms with Crippen molar-refractivity contribution in [2.24, 2.45) is 0 Å². The number of fused-ring (bicyclic) bond motifs is 1. The molecule has 0 N–H and O–H groups in total. The van der Waals surface area contributed by atoms with Gasteiger partial charge in [0, 0.05) is 4.88 Å². The highest BCUT2D eigenvalue weighted by Crippen LogP contribution is 2.32. The van der Waals surface area contributed by atoms with Gasteiger partial charge in [-0.15, -0.1) is 11.3 Å². The number of amides is 1. The van der Waals surface area contributed by atoms with Gasteiger partial charge in [-0.05, 0) is 42.1 Å². The molecule has 4 aromatic rings. The monoisotopic (exact) mass is 408 g/mol. The Labute approximate surface area is 172 Å². The Balaban J connectivity index is 1.67. The van der Waals surface area contributed by atoms with Gasteiger partial charge in [-0.1, -0.05) is 47.7 Å². The second-order valence-corrected chi connectivity index (χ2v) is 8.32. The van der Waals surface area contributed by atoms with Crippen molar-refractivity contribution in [3.05, 3.63) is 76.5 Å². The topological polar surface area (TPSA) is 42.4 Å². The van der Waals surface area contributed by atoms with Crippen LogP contribution in [0.1, 0.15) is 17.4 Å². The van der Waals surface area contributed by atoms with E-state index < -0.39 is 0 Å². The molecule has 1 amide bonds. The quantitative estimate of drug-likeness (QED) is 0.404. The maximum Gasteiger partial charge on any atom is 0.234 e. The smallest absolute Gasteiger partial charge is 0.234 e. The van der Waals surface area contributed by atoms with E-state index in [1.165, 1.54) is 11.3 Å². The van der Waals surface area contributed by atoms with Gasteiger partial charge in [-0.3, -0.25) is 9.69 Å². The molecule has 0 saturated heterocycles. The van der Waals surface area contributed by atoms with Crippen LogP contribution in [0.2, 0.25) is 0 Å². The van der Waals surface area contributed by atoms with Gasteiger partial charge in [0.05, 0.1) is 29.8 Å². The van der Waals surface area contributed by atoms with Crippen molar-refractivity contribution < 1.29 is 9.53 Å². The molecular weight excluding hydrogens is 388 g/mol. The Hall–Kier alpha value is -2.70. The van der Waals surface area contributed by atoms with E-state index in [0.717, 1.165) is 26.4 Å². The van der Waals surface area contributed by atoms with E-state index in [2.05, 4.69) is 0 Å². The number of hydrogen-bond acceptors (Lipinski definition) is 5. The molecule has 4 rings (SSSR count).